The van der Waals surface area contributed by atoms with Crippen molar-refractivity contribution in [1.82, 2.24) is 4.98 Å². The highest BCUT2D eigenvalue weighted by Gasteiger charge is 2.10. The number of methoxy groups -OCH3 is 1. The van der Waals surface area contributed by atoms with Gasteiger partial charge in [0.15, 0.2) is 5.13 Å². The lowest BCUT2D eigenvalue weighted by Crippen LogP contribution is -2.13. The first kappa shape index (κ1) is 17.6. The number of anilines is 1. The Morgan fingerprint density at radius 3 is 2.92 bits per heavy atom. The first-order chi connectivity index (χ1) is 12.2. The Balaban J connectivity index is 1.63. The second-order valence-corrected chi connectivity index (χ2v) is 7.12. The third-order valence-electron chi connectivity index (χ3n) is 3.35. The minimum Gasteiger partial charge on any atom is -0.496 e. The molecule has 1 N–H and O–H groups in total. The standard InChI is InChI=1S/C18H18N2O3S2/c1-3-23-12-8-9-13-16(10-12)25-18(19-13)20-17(21)11-24-15-7-5-4-6-14(15)22-2/h4-10H,3,11H2,1-2H3,(H,19,20,21). The van der Waals surface area contributed by atoms with Crippen molar-refractivity contribution in [3.8, 4) is 11.5 Å². The van der Waals surface area contributed by atoms with Crippen molar-refractivity contribution >= 4 is 44.4 Å². The molecule has 1 heterocycles. The molecule has 3 aromatic rings. The Bertz CT molecular complexity index is 880. The van der Waals surface area contributed by atoms with Crippen LogP contribution in [0.1, 0.15) is 6.92 Å². The van der Waals surface area contributed by atoms with E-state index in [0.717, 1.165) is 26.6 Å². The number of carbonyl (C=O) groups is 1. The molecule has 5 nitrogen and oxygen atoms in total. The van der Waals surface area contributed by atoms with E-state index in [0.29, 0.717) is 17.5 Å². The zero-order chi connectivity index (χ0) is 17.6. The summed E-state index contributed by atoms with van der Waals surface area (Å²) >= 11 is 2.87. The van der Waals surface area contributed by atoms with Crippen LogP contribution in [0.3, 0.4) is 0 Å². The van der Waals surface area contributed by atoms with Gasteiger partial charge in [-0.1, -0.05) is 23.5 Å². The normalized spacial score (nSPS) is 10.6. The predicted molar refractivity (Wildman–Crippen MR) is 103 cm³/mol. The fraction of sp³-hybridized carbons (Fsp3) is 0.222. The predicted octanol–water partition coefficient (Wildman–Crippen LogP) is 4.43. The molecule has 0 aliphatic heterocycles. The number of aromatic nitrogens is 1. The Hall–Kier alpha value is -2.25. The molecular weight excluding hydrogens is 356 g/mol. The average Bonchev–Trinajstić information content (AvgIpc) is 3.02. The van der Waals surface area contributed by atoms with Crippen LogP contribution in [0.5, 0.6) is 11.5 Å². The van der Waals surface area contributed by atoms with Gasteiger partial charge in [-0.2, -0.15) is 0 Å². The van der Waals surface area contributed by atoms with Crippen molar-refractivity contribution in [1.29, 1.82) is 0 Å². The lowest BCUT2D eigenvalue weighted by Gasteiger charge is -2.07. The van der Waals surface area contributed by atoms with Gasteiger partial charge in [-0.05, 0) is 37.3 Å². The molecule has 130 valence electrons. The number of nitrogens with one attached hydrogen (secondary N) is 1. The zero-order valence-electron chi connectivity index (χ0n) is 13.9. The number of amides is 1. The molecule has 0 bridgehead atoms. The second-order valence-electron chi connectivity index (χ2n) is 5.07. The van der Waals surface area contributed by atoms with Crippen molar-refractivity contribution in [3.05, 3.63) is 42.5 Å². The molecule has 0 spiro atoms. The van der Waals surface area contributed by atoms with E-state index < -0.39 is 0 Å². The van der Waals surface area contributed by atoms with Crippen molar-refractivity contribution in [2.45, 2.75) is 11.8 Å². The highest BCUT2D eigenvalue weighted by molar-refractivity contribution is 8.00. The van der Waals surface area contributed by atoms with Crippen LogP contribution in [0.15, 0.2) is 47.4 Å². The van der Waals surface area contributed by atoms with E-state index in [1.807, 2.05) is 49.4 Å². The monoisotopic (exact) mass is 374 g/mol. The van der Waals surface area contributed by atoms with Gasteiger partial charge >= 0.3 is 0 Å². The van der Waals surface area contributed by atoms with Gasteiger partial charge in [-0.15, -0.1) is 11.8 Å². The number of thioether (sulfide) groups is 1. The van der Waals surface area contributed by atoms with Gasteiger partial charge in [0.1, 0.15) is 11.5 Å². The molecule has 0 saturated heterocycles. The van der Waals surface area contributed by atoms with Gasteiger partial charge in [0, 0.05) is 4.90 Å². The van der Waals surface area contributed by atoms with Gasteiger partial charge in [-0.25, -0.2) is 4.98 Å². The summed E-state index contributed by atoms with van der Waals surface area (Å²) in [5.41, 5.74) is 0.848. The average molecular weight is 374 g/mol. The highest BCUT2D eigenvalue weighted by Crippen LogP contribution is 2.31. The number of nitrogens with zero attached hydrogens (tertiary/aromatic N) is 1. The number of benzene rings is 2. The van der Waals surface area contributed by atoms with Crippen LogP contribution < -0.4 is 14.8 Å². The van der Waals surface area contributed by atoms with Crippen molar-refractivity contribution < 1.29 is 14.3 Å². The van der Waals surface area contributed by atoms with E-state index in [1.54, 1.807) is 7.11 Å². The zero-order valence-corrected chi connectivity index (χ0v) is 15.6. The van der Waals surface area contributed by atoms with Crippen LogP contribution in [-0.2, 0) is 4.79 Å². The number of rotatable bonds is 7. The van der Waals surface area contributed by atoms with Crippen molar-refractivity contribution in [3.63, 3.8) is 0 Å². The summed E-state index contributed by atoms with van der Waals surface area (Å²) in [5, 5.41) is 3.45. The molecule has 3 rings (SSSR count). The van der Waals surface area contributed by atoms with E-state index >= 15 is 0 Å². The topological polar surface area (TPSA) is 60.5 Å². The van der Waals surface area contributed by atoms with E-state index in [4.69, 9.17) is 9.47 Å². The van der Waals surface area contributed by atoms with E-state index in [1.165, 1.54) is 23.1 Å². The molecule has 25 heavy (non-hydrogen) atoms. The summed E-state index contributed by atoms with van der Waals surface area (Å²) < 4.78 is 11.8. The van der Waals surface area contributed by atoms with Gasteiger partial charge in [0.25, 0.3) is 0 Å². The quantitative estimate of drug-likeness (QED) is 0.620. The third kappa shape index (κ3) is 4.43. The number of hydrogen-bond donors (Lipinski definition) is 1. The van der Waals surface area contributed by atoms with Crippen molar-refractivity contribution in [2.75, 3.05) is 24.8 Å². The van der Waals surface area contributed by atoms with Crippen LogP contribution in [0.4, 0.5) is 5.13 Å². The van der Waals surface area contributed by atoms with Gasteiger partial charge in [0.2, 0.25) is 5.91 Å². The third-order valence-corrected chi connectivity index (χ3v) is 5.33. The summed E-state index contributed by atoms with van der Waals surface area (Å²) in [4.78, 5) is 17.6. The maximum Gasteiger partial charge on any atom is 0.236 e. The second kappa shape index (κ2) is 8.22. The summed E-state index contributed by atoms with van der Waals surface area (Å²) in [5.74, 6) is 1.77. The van der Waals surface area contributed by atoms with Crippen LogP contribution >= 0.6 is 23.1 Å². The molecule has 0 atom stereocenters. The maximum atomic E-state index is 12.2. The van der Waals surface area contributed by atoms with Gasteiger partial charge in [-0.3, -0.25) is 4.79 Å². The van der Waals surface area contributed by atoms with Gasteiger partial charge in [0.05, 0.1) is 29.7 Å². The summed E-state index contributed by atoms with van der Waals surface area (Å²) in [6.07, 6.45) is 0. The number of para-hydroxylation sites is 1. The molecule has 0 unspecified atom stereocenters. The van der Waals surface area contributed by atoms with Crippen LogP contribution in [0.25, 0.3) is 10.2 Å². The lowest BCUT2D eigenvalue weighted by molar-refractivity contribution is -0.113. The molecular formula is C18H18N2O3S2. The largest absolute Gasteiger partial charge is 0.496 e. The van der Waals surface area contributed by atoms with E-state index in [-0.39, 0.29) is 5.91 Å². The Labute approximate surface area is 154 Å². The molecule has 2 aromatic carbocycles. The summed E-state index contributed by atoms with van der Waals surface area (Å²) in [6, 6.07) is 13.4. The number of carbonyl (C=O) groups excluding carboxylic acids is 1. The summed E-state index contributed by atoms with van der Waals surface area (Å²) in [7, 11) is 1.62. The Kier molecular flexibility index (Phi) is 5.78. The van der Waals surface area contributed by atoms with Crippen LogP contribution in [-0.4, -0.2) is 30.4 Å². The van der Waals surface area contributed by atoms with E-state index in [2.05, 4.69) is 10.3 Å². The molecule has 0 aliphatic rings. The first-order valence-electron chi connectivity index (χ1n) is 7.78. The SMILES string of the molecule is CCOc1ccc2nc(NC(=O)CSc3ccccc3OC)sc2c1. The molecule has 1 aromatic heterocycles. The molecule has 0 fully saturated rings. The smallest absolute Gasteiger partial charge is 0.236 e. The fourth-order valence-electron chi connectivity index (χ4n) is 2.25. The Morgan fingerprint density at radius 2 is 2.12 bits per heavy atom. The maximum absolute atomic E-state index is 12.2. The lowest BCUT2D eigenvalue weighted by atomic mass is 10.3. The Morgan fingerprint density at radius 1 is 1.28 bits per heavy atom. The molecule has 1 amide bonds. The van der Waals surface area contributed by atoms with Crippen LogP contribution in [0, 0.1) is 0 Å². The number of ether oxygens (including phenoxy) is 2. The summed E-state index contributed by atoms with van der Waals surface area (Å²) in [6.45, 7) is 2.57. The van der Waals surface area contributed by atoms with Gasteiger partial charge < -0.3 is 14.8 Å². The number of hydrogen-bond acceptors (Lipinski definition) is 6. The molecule has 7 heteroatoms. The fourth-order valence-corrected chi connectivity index (χ4v) is 3.99. The van der Waals surface area contributed by atoms with Crippen LogP contribution in [0.2, 0.25) is 0 Å². The minimum atomic E-state index is -0.0972. The number of thiazole rings is 1. The molecule has 0 aliphatic carbocycles. The minimum absolute atomic E-state index is 0.0972. The van der Waals surface area contributed by atoms with E-state index in [9.17, 15) is 4.79 Å². The first-order valence-corrected chi connectivity index (χ1v) is 9.59. The van der Waals surface area contributed by atoms with Crippen molar-refractivity contribution in [2.24, 2.45) is 0 Å². The molecule has 0 radical (unpaired) electrons. The molecule has 0 saturated carbocycles. The highest BCUT2D eigenvalue weighted by atomic mass is 32.2. The number of fused-ring (bicyclic) bond motifs is 1.